The van der Waals surface area contributed by atoms with Crippen LogP contribution in [0, 0.1) is 0 Å². The molecule has 0 saturated carbocycles. The first-order valence-electron chi connectivity index (χ1n) is 7.19. The number of hydrogen-bond acceptors (Lipinski definition) is 3. The van der Waals surface area contributed by atoms with E-state index in [-0.39, 0.29) is 18.3 Å². The van der Waals surface area contributed by atoms with Gasteiger partial charge in [-0.15, -0.1) is 12.4 Å². The van der Waals surface area contributed by atoms with Crippen LogP contribution in [0.25, 0.3) is 0 Å². The molecule has 1 aliphatic heterocycles. The molecule has 0 unspecified atom stereocenters. The van der Waals surface area contributed by atoms with E-state index in [0.717, 1.165) is 5.69 Å². The maximum absolute atomic E-state index is 12.6. The third-order valence-electron chi connectivity index (χ3n) is 4.04. The summed E-state index contributed by atoms with van der Waals surface area (Å²) < 4.78 is 5.30. The molecule has 118 valence electrons. The summed E-state index contributed by atoms with van der Waals surface area (Å²) in [6.45, 7) is 5.40. The Morgan fingerprint density at radius 1 is 1.33 bits per heavy atom. The van der Waals surface area contributed by atoms with Gasteiger partial charge in [0.2, 0.25) is 5.91 Å². The highest BCUT2D eigenvalue weighted by Gasteiger charge is 2.38. The topological polar surface area (TPSA) is 55.6 Å². The lowest BCUT2D eigenvalue weighted by molar-refractivity contribution is -0.126. The van der Waals surface area contributed by atoms with Gasteiger partial charge >= 0.3 is 0 Å². The van der Waals surface area contributed by atoms with Gasteiger partial charge in [-0.3, -0.25) is 4.79 Å². The van der Waals surface area contributed by atoms with Crippen LogP contribution in [0.15, 0.2) is 24.3 Å². The lowest BCUT2D eigenvalue weighted by Crippen LogP contribution is -2.57. The molecule has 1 fully saturated rings. The minimum Gasteiger partial charge on any atom is -0.381 e. The molecule has 0 aliphatic carbocycles. The van der Waals surface area contributed by atoms with E-state index in [9.17, 15) is 4.79 Å². The van der Waals surface area contributed by atoms with Gasteiger partial charge in [-0.2, -0.15) is 0 Å². The number of nitrogens with two attached hydrogens (primary N) is 1. The van der Waals surface area contributed by atoms with Gasteiger partial charge in [0, 0.05) is 25.9 Å². The van der Waals surface area contributed by atoms with Crippen molar-refractivity contribution in [3.8, 4) is 0 Å². The molecule has 0 radical (unpaired) electrons. The third kappa shape index (κ3) is 3.96. The Balaban J connectivity index is 0.00000220. The van der Waals surface area contributed by atoms with E-state index in [4.69, 9.17) is 10.5 Å². The smallest absolute Gasteiger partial charge is 0.246 e. The molecule has 5 heteroatoms. The molecule has 1 aliphatic rings. The van der Waals surface area contributed by atoms with E-state index in [1.165, 1.54) is 5.56 Å². The van der Waals surface area contributed by atoms with Gasteiger partial charge < -0.3 is 15.4 Å². The Hall–Kier alpha value is -1.10. The van der Waals surface area contributed by atoms with Gasteiger partial charge in [-0.1, -0.05) is 26.0 Å². The number of carbonyl (C=O) groups excluding carboxylic acids is 1. The largest absolute Gasteiger partial charge is 0.381 e. The zero-order valence-corrected chi connectivity index (χ0v) is 13.8. The van der Waals surface area contributed by atoms with Gasteiger partial charge in [0.1, 0.15) is 5.54 Å². The van der Waals surface area contributed by atoms with Crippen molar-refractivity contribution in [2.24, 2.45) is 5.73 Å². The lowest BCUT2D eigenvalue weighted by Gasteiger charge is -2.35. The van der Waals surface area contributed by atoms with Crippen molar-refractivity contribution in [3.63, 3.8) is 0 Å². The zero-order valence-electron chi connectivity index (χ0n) is 13.0. The van der Waals surface area contributed by atoms with Crippen molar-refractivity contribution in [2.75, 3.05) is 25.2 Å². The van der Waals surface area contributed by atoms with Crippen LogP contribution >= 0.6 is 12.4 Å². The van der Waals surface area contributed by atoms with Crippen molar-refractivity contribution in [2.45, 2.75) is 38.1 Å². The van der Waals surface area contributed by atoms with Crippen molar-refractivity contribution < 1.29 is 9.53 Å². The Labute approximate surface area is 133 Å². The van der Waals surface area contributed by atoms with Crippen LogP contribution < -0.4 is 10.6 Å². The molecule has 1 aromatic carbocycles. The van der Waals surface area contributed by atoms with Crippen molar-refractivity contribution in [3.05, 3.63) is 29.8 Å². The summed E-state index contributed by atoms with van der Waals surface area (Å²) >= 11 is 0. The second kappa shape index (κ2) is 7.25. The second-order valence-electron chi connectivity index (χ2n) is 5.88. The molecule has 0 aromatic heterocycles. The molecule has 2 rings (SSSR count). The molecule has 1 amide bonds. The molecule has 4 nitrogen and oxygen atoms in total. The van der Waals surface area contributed by atoms with Crippen LogP contribution in [0.3, 0.4) is 0 Å². The predicted octanol–water partition coefficient (Wildman–Crippen LogP) is 2.70. The summed E-state index contributed by atoms with van der Waals surface area (Å²) in [6, 6.07) is 8.08. The quantitative estimate of drug-likeness (QED) is 0.933. The van der Waals surface area contributed by atoms with E-state index in [1.54, 1.807) is 11.9 Å². The first kappa shape index (κ1) is 18.0. The molecule has 1 saturated heterocycles. The fourth-order valence-electron chi connectivity index (χ4n) is 2.49. The molecule has 2 N–H and O–H groups in total. The first-order valence-corrected chi connectivity index (χ1v) is 7.19. The van der Waals surface area contributed by atoms with Gasteiger partial charge in [0.25, 0.3) is 0 Å². The molecular formula is C16H25ClN2O2. The van der Waals surface area contributed by atoms with Crippen LogP contribution in [0.5, 0.6) is 0 Å². The number of rotatable bonds is 3. The van der Waals surface area contributed by atoms with E-state index < -0.39 is 5.54 Å². The van der Waals surface area contributed by atoms with E-state index in [1.807, 2.05) is 12.1 Å². The Kier molecular flexibility index (Phi) is 6.20. The number of anilines is 1. The van der Waals surface area contributed by atoms with Crippen molar-refractivity contribution in [1.82, 2.24) is 0 Å². The van der Waals surface area contributed by atoms with Gasteiger partial charge in [0.05, 0.1) is 0 Å². The van der Waals surface area contributed by atoms with Crippen LogP contribution in [0.4, 0.5) is 5.69 Å². The average molecular weight is 313 g/mol. The van der Waals surface area contributed by atoms with E-state index in [0.29, 0.717) is 32.0 Å². The van der Waals surface area contributed by atoms with Gasteiger partial charge in [-0.05, 0) is 36.5 Å². The predicted molar refractivity (Wildman–Crippen MR) is 88.2 cm³/mol. The number of benzene rings is 1. The Morgan fingerprint density at radius 2 is 1.95 bits per heavy atom. The fraction of sp³-hybridized carbons (Fsp3) is 0.562. The van der Waals surface area contributed by atoms with Gasteiger partial charge in [-0.25, -0.2) is 0 Å². The van der Waals surface area contributed by atoms with Crippen LogP contribution in [-0.4, -0.2) is 31.7 Å². The highest BCUT2D eigenvalue weighted by Crippen LogP contribution is 2.25. The summed E-state index contributed by atoms with van der Waals surface area (Å²) in [5.74, 6) is 0.412. The molecule has 0 bridgehead atoms. The molecule has 0 atom stereocenters. The van der Waals surface area contributed by atoms with Crippen molar-refractivity contribution >= 4 is 24.0 Å². The van der Waals surface area contributed by atoms with Crippen LogP contribution in [-0.2, 0) is 9.53 Å². The molecular weight excluding hydrogens is 288 g/mol. The van der Waals surface area contributed by atoms with E-state index >= 15 is 0 Å². The summed E-state index contributed by atoms with van der Waals surface area (Å²) in [4.78, 5) is 14.3. The number of carbonyl (C=O) groups is 1. The molecule has 0 spiro atoms. The normalized spacial score (nSPS) is 17.2. The maximum atomic E-state index is 12.6. The summed E-state index contributed by atoms with van der Waals surface area (Å²) in [5.41, 5.74) is 7.60. The summed E-state index contributed by atoms with van der Waals surface area (Å²) in [5, 5.41) is 0. The number of halogens is 1. The number of amides is 1. The number of nitrogens with zero attached hydrogens (tertiary/aromatic N) is 1. The lowest BCUT2D eigenvalue weighted by atomic mass is 9.89. The second-order valence-corrected chi connectivity index (χ2v) is 5.88. The highest BCUT2D eigenvalue weighted by atomic mass is 35.5. The minimum atomic E-state index is -0.791. The summed E-state index contributed by atoms with van der Waals surface area (Å²) in [6.07, 6.45) is 1.17. The molecule has 1 aromatic rings. The molecule has 1 heterocycles. The number of likely N-dealkylation sites (N-methyl/N-ethyl adjacent to an activating group) is 1. The third-order valence-corrected chi connectivity index (χ3v) is 4.04. The van der Waals surface area contributed by atoms with Gasteiger partial charge in [0.15, 0.2) is 0 Å². The standard InChI is InChI=1S/C16H24N2O2.ClH/c1-12(2)13-5-4-6-14(11-13)18(3)15(19)16(17)7-9-20-10-8-16;/h4-6,11-12H,7-10,17H2,1-3H3;1H. The van der Waals surface area contributed by atoms with Crippen LogP contribution in [0.2, 0.25) is 0 Å². The number of ether oxygens (including phenoxy) is 1. The molecule has 21 heavy (non-hydrogen) atoms. The Morgan fingerprint density at radius 3 is 2.52 bits per heavy atom. The number of hydrogen-bond donors (Lipinski definition) is 1. The average Bonchev–Trinajstić information content (AvgIpc) is 2.46. The highest BCUT2D eigenvalue weighted by molar-refractivity contribution is 5.99. The SMILES string of the molecule is CC(C)c1cccc(N(C)C(=O)C2(N)CCOCC2)c1.Cl. The van der Waals surface area contributed by atoms with E-state index in [2.05, 4.69) is 26.0 Å². The maximum Gasteiger partial charge on any atom is 0.246 e. The monoisotopic (exact) mass is 312 g/mol. The summed E-state index contributed by atoms with van der Waals surface area (Å²) in [7, 11) is 1.80. The fourth-order valence-corrected chi connectivity index (χ4v) is 2.49. The minimum absolute atomic E-state index is 0. The van der Waals surface area contributed by atoms with Crippen LogP contribution in [0.1, 0.15) is 38.2 Å². The Bertz CT molecular complexity index is 485. The zero-order chi connectivity index (χ0) is 14.8. The first-order chi connectivity index (χ1) is 9.44. The van der Waals surface area contributed by atoms with Crippen molar-refractivity contribution in [1.29, 1.82) is 0 Å².